The standard InChI is InChI=1S/C15H17N3O/c16-15(17-19)18(11-13-7-3-1-4-8-13)12-14-9-5-2-6-10-14/h1-10,19H,11-12H2,(H2,16,17). The molecule has 0 unspecified atom stereocenters. The van der Waals surface area contributed by atoms with E-state index in [1.54, 1.807) is 0 Å². The van der Waals surface area contributed by atoms with Crippen LogP contribution in [0.4, 0.5) is 0 Å². The van der Waals surface area contributed by atoms with Gasteiger partial charge in [0.05, 0.1) is 0 Å². The van der Waals surface area contributed by atoms with E-state index >= 15 is 0 Å². The molecule has 0 aliphatic heterocycles. The third-order valence-electron chi connectivity index (χ3n) is 2.86. The summed E-state index contributed by atoms with van der Waals surface area (Å²) in [5.41, 5.74) is 7.97. The predicted octanol–water partition coefficient (Wildman–Crippen LogP) is 2.39. The fourth-order valence-corrected chi connectivity index (χ4v) is 1.89. The number of oxime groups is 1. The summed E-state index contributed by atoms with van der Waals surface area (Å²) in [6.45, 7) is 1.21. The van der Waals surface area contributed by atoms with E-state index in [-0.39, 0.29) is 5.96 Å². The summed E-state index contributed by atoms with van der Waals surface area (Å²) < 4.78 is 0. The summed E-state index contributed by atoms with van der Waals surface area (Å²) >= 11 is 0. The van der Waals surface area contributed by atoms with Crippen molar-refractivity contribution >= 4 is 5.96 Å². The van der Waals surface area contributed by atoms with Gasteiger partial charge in [-0.2, -0.15) is 0 Å². The van der Waals surface area contributed by atoms with Gasteiger partial charge in [-0.25, -0.2) is 0 Å². The van der Waals surface area contributed by atoms with Crippen LogP contribution in [-0.2, 0) is 13.1 Å². The Balaban J connectivity index is 2.13. The molecule has 2 aromatic rings. The molecule has 19 heavy (non-hydrogen) atoms. The Morgan fingerprint density at radius 1 is 0.895 bits per heavy atom. The molecule has 0 atom stereocenters. The van der Waals surface area contributed by atoms with Gasteiger partial charge >= 0.3 is 0 Å². The van der Waals surface area contributed by atoms with Gasteiger partial charge in [0.25, 0.3) is 0 Å². The molecule has 0 aliphatic carbocycles. The van der Waals surface area contributed by atoms with Gasteiger partial charge in [-0.1, -0.05) is 65.8 Å². The summed E-state index contributed by atoms with van der Waals surface area (Å²) in [6, 6.07) is 19.9. The third-order valence-corrected chi connectivity index (χ3v) is 2.86. The quantitative estimate of drug-likeness (QED) is 0.381. The van der Waals surface area contributed by atoms with Crippen LogP contribution in [0.3, 0.4) is 0 Å². The van der Waals surface area contributed by atoms with Gasteiger partial charge in [-0.15, -0.1) is 0 Å². The largest absolute Gasteiger partial charge is 0.408 e. The molecule has 0 saturated heterocycles. The lowest BCUT2D eigenvalue weighted by atomic mass is 10.2. The fraction of sp³-hybridized carbons (Fsp3) is 0.133. The molecule has 0 spiro atoms. The van der Waals surface area contributed by atoms with Crippen molar-refractivity contribution in [1.29, 1.82) is 0 Å². The van der Waals surface area contributed by atoms with E-state index in [2.05, 4.69) is 5.16 Å². The van der Waals surface area contributed by atoms with Crippen LogP contribution in [0, 0.1) is 0 Å². The predicted molar refractivity (Wildman–Crippen MR) is 75.5 cm³/mol. The van der Waals surface area contributed by atoms with Gasteiger partial charge in [0.1, 0.15) is 0 Å². The van der Waals surface area contributed by atoms with E-state index < -0.39 is 0 Å². The lowest BCUT2D eigenvalue weighted by Gasteiger charge is -2.22. The lowest BCUT2D eigenvalue weighted by Crippen LogP contribution is -2.36. The van der Waals surface area contributed by atoms with Gasteiger partial charge in [-0.05, 0) is 11.1 Å². The van der Waals surface area contributed by atoms with Gasteiger partial charge < -0.3 is 15.8 Å². The van der Waals surface area contributed by atoms with Crippen LogP contribution in [0.25, 0.3) is 0 Å². The molecular formula is C15H17N3O. The third kappa shape index (κ3) is 3.74. The molecular weight excluding hydrogens is 238 g/mol. The Labute approximate surface area is 112 Å². The minimum atomic E-state index is 0.118. The zero-order chi connectivity index (χ0) is 13.5. The highest BCUT2D eigenvalue weighted by Crippen LogP contribution is 2.09. The maximum atomic E-state index is 8.88. The average Bonchev–Trinajstić information content (AvgIpc) is 2.48. The second kappa shape index (κ2) is 6.44. The van der Waals surface area contributed by atoms with E-state index in [4.69, 9.17) is 10.9 Å². The van der Waals surface area contributed by atoms with Crippen molar-refractivity contribution in [2.45, 2.75) is 13.1 Å². The molecule has 0 amide bonds. The van der Waals surface area contributed by atoms with Crippen LogP contribution < -0.4 is 5.73 Å². The molecule has 0 radical (unpaired) electrons. The molecule has 2 aromatic carbocycles. The van der Waals surface area contributed by atoms with Crippen molar-refractivity contribution in [3.63, 3.8) is 0 Å². The topological polar surface area (TPSA) is 61.9 Å². The zero-order valence-corrected chi connectivity index (χ0v) is 10.6. The van der Waals surface area contributed by atoms with Crippen LogP contribution >= 0.6 is 0 Å². The summed E-state index contributed by atoms with van der Waals surface area (Å²) in [5.74, 6) is 0.118. The Kier molecular flexibility index (Phi) is 4.39. The molecule has 98 valence electrons. The molecule has 4 heteroatoms. The SMILES string of the molecule is N/C(=N/O)N(Cc1ccccc1)Cc1ccccc1. The van der Waals surface area contributed by atoms with Crippen molar-refractivity contribution in [3.05, 3.63) is 71.8 Å². The van der Waals surface area contributed by atoms with E-state index in [1.165, 1.54) is 0 Å². The summed E-state index contributed by atoms with van der Waals surface area (Å²) in [4.78, 5) is 1.82. The first-order valence-corrected chi connectivity index (χ1v) is 6.10. The second-order valence-corrected chi connectivity index (χ2v) is 4.29. The molecule has 0 aliphatic rings. The number of benzene rings is 2. The van der Waals surface area contributed by atoms with Crippen LogP contribution in [0.2, 0.25) is 0 Å². The molecule has 2 rings (SSSR count). The summed E-state index contributed by atoms with van der Waals surface area (Å²) in [5, 5.41) is 12.0. The fourth-order valence-electron chi connectivity index (χ4n) is 1.89. The average molecular weight is 255 g/mol. The van der Waals surface area contributed by atoms with E-state index in [0.717, 1.165) is 11.1 Å². The Bertz CT molecular complexity index is 484. The first kappa shape index (κ1) is 13.0. The highest BCUT2D eigenvalue weighted by Gasteiger charge is 2.09. The zero-order valence-electron chi connectivity index (χ0n) is 10.6. The minimum absolute atomic E-state index is 0.118. The Morgan fingerprint density at radius 2 is 1.32 bits per heavy atom. The van der Waals surface area contributed by atoms with Crippen LogP contribution in [0.1, 0.15) is 11.1 Å². The number of hydrogen-bond donors (Lipinski definition) is 2. The first-order valence-electron chi connectivity index (χ1n) is 6.10. The van der Waals surface area contributed by atoms with Crippen molar-refractivity contribution in [2.24, 2.45) is 10.9 Å². The van der Waals surface area contributed by atoms with Crippen molar-refractivity contribution in [3.8, 4) is 0 Å². The van der Waals surface area contributed by atoms with Gasteiger partial charge in [0.2, 0.25) is 5.96 Å². The van der Waals surface area contributed by atoms with Crippen molar-refractivity contribution < 1.29 is 5.21 Å². The number of guanidine groups is 1. The molecule has 0 aromatic heterocycles. The Morgan fingerprint density at radius 3 is 1.68 bits per heavy atom. The molecule has 0 saturated carbocycles. The van der Waals surface area contributed by atoms with Gasteiger partial charge in [0, 0.05) is 13.1 Å². The van der Waals surface area contributed by atoms with E-state index in [9.17, 15) is 0 Å². The summed E-state index contributed by atoms with van der Waals surface area (Å²) in [6.07, 6.45) is 0. The number of nitrogens with zero attached hydrogens (tertiary/aromatic N) is 2. The maximum Gasteiger partial charge on any atom is 0.233 e. The van der Waals surface area contributed by atoms with Crippen molar-refractivity contribution in [1.82, 2.24) is 4.90 Å². The molecule has 3 N–H and O–H groups in total. The first-order chi connectivity index (χ1) is 9.29. The number of nitrogens with two attached hydrogens (primary N) is 1. The monoisotopic (exact) mass is 255 g/mol. The maximum absolute atomic E-state index is 8.88. The van der Waals surface area contributed by atoms with Crippen molar-refractivity contribution in [2.75, 3.05) is 0 Å². The molecule has 0 heterocycles. The lowest BCUT2D eigenvalue weighted by molar-refractivity contribution is 0.294. The smallest absolute Gasteiger partial charge is 0.233 e. The number of rotatable bonds is 4. The van der Waals surface area contributed by atoms with Gasteiger partial charge in [0.15, 0.2) is 0 Å². The van der Waals surface area contributed by atoms with Crippen LogP contribution in [0.5, 0.6) is 0 Å². The van der Waals surface area contributed by atoms with E-state index in [1.807, 2.05) is 65.6 Å². The van der Waals surface area contributed by atoms with Crippen LogP contribution in [-0.4, -0.2) is 16.1 Å². The highest BCUT2D eigenvalue weighted by atomic mass is 16.4. The number of hydrogen-bond acceptors (Lipinski definition) is 2. The van der Waals surface area contributed by atoms with E-state index in [0.29, 0.717) is 13.1 Å². The normalized spacial score (nSPS) is 11.3. The molecule has 0 fully saturated rings. The summed E-state index contributed by atoms with van der Waals surface area (Å²) in [7, 11) is 0. The molecule has 0 bridgehead atoms. The van der Waals surface area contributed by atoms with Gasteiger partial charge in [-0.3, -0.25) is 0 Å². The van der Waals surface area contributed by atoms with Crippen LogP contribution in [0.15, 0.2) is 65.8 Å². The minimum Gasteiger partial charge on any atom is -0.408 e. The Hall–Kier alpha value is -2.49. The second-order valence-electron chi connectivity index (χ2n) is 4.29. The highest BCUT2D eigenvalue weighted by molar-refractivity contribution is 5.77. The molecule has 4 nitrogen and oxygen atoms in total.